The molecule has 0 spiro atoms. The third kappa shape index (κ3) is 2.60. The van der Waals surface area contributed by atoms with Crippen molar-refractivity contribution in [3.05, 3.63) is 47.9 Å². The van der Waals surface area contributed by atoms with E-state index in [1.54, 1.807) is 6.07 Å². The number of aryl methyl sites for hydroxylation is 1. The van der Waals surface area contributed by atoms with Crippen molar-refractivity contribution in [1.29, 1.82) is 0 Å². The number of anilines is 1. The molecule has 0 saturated carbocycles. The Labute approximate surface area is 121 Å². The number of aliphatic hydroxyl groups excluding tert-OH is 1. The maximum absolute atomic E-state index is 13.3. The van der Waals surface area contributed by atoms with Crippen molar-refractivity contribution in [3.63, 3.8) is 0 Å². The van der Waals surface area contributed by atoms with Crippen LogP contribution in [0.25, 0.3) is 22.2 Å². The summed E-state index contributed by atoms with van der Waals surface area (Å²) in [6.45, 7) is 2.36. The van der Waals surface area contributed by atoms with E-state index in [2.05, 4.69) is 15.3 Å². The molecular weight excluding hydrogens is 269 g/mol. The molecular formula is C16H16FN3O. The quantitative estimate of drug-likeness (QED) is 0.690. The number of nitrogens with one attached hydrogen (secondary N) is 2. The number of aliphatic hydroxyl groups is 1. The van der Waals surface area contributed by atoms with Gasteiger partial charge in [-0.1, -0.05) is 6.07 Å². The second-order valence-electron chi connectivity index (χ2n) is 4.90. The molecule has 0 saturated heterocycles. The average Bonchev–Trinajstić information content (AvgIpc) is 2.93. The number of benzene rings is 1. The van der Waals surface area contributed by atoms with E-state index in [1.807, 2.05) is 25.3 Å². The van der Waals surface area contributed by atoms with Gasteiger partial charge >= 0.3 is 0 Å². The van der Waals surface area contributed by atoms with Crippen molar-refractivity contribution in [1.82, 2.24) is 9.97 Å². The van der Waals surface area contributed by atoms with Crippen molar-refractivity contribution >= 4 is 16.9 Å². The molecule has 5 heteroatoms. The van der Waals surface area contributed by atoms with Gasteiger partial charge < -0.3 is 15.4 Å². The molecule has 3 aromatic rings. The number of H-pyrrole nitrogens is 1. The van der Waals surface area contributed by atoms with Gasteiger partial charge in [0.05, 0.1) is 6.61 Å². The fourth-order valence-electron chi connectivity index (χ4n) is 2.46. The van der Waals surface area contributed by atoms with Gasteiger partial charge in [0.1, 0.15) is 17.3 Å². The fourth-order valence-corrected chi connectivity index (χ4v) is 2.46. The third-order valence-electron chi connectivity index (χ3n) is 3.43. The van der Waals surface area contributed by atoms with Crippen LogP contribution in [0.1, 0.15) is 5.56 Å². The molecule has 0 amide bonds. The molecule has 3 N–H and O–H groups in total. The van der Waals surface area contributed by atoms with E-state index in [1.165, 1.54) is 12.1 Å². The lowest BCUT2D eigenvalue weighted by Crippen LogP contribution is -2.07. The van der Waals surface area contributed by atoms with Gasteiger partial charge in [-0.2, -0.15) is 0 Å². The first kappa shape index (κ1) is 13.6. The molecule has 4 nitrogen and oxygen atoms in total. The monoisotopic (exact) mass is 285 g/mol. The lowest BCUT2D eigenvalue weighted by molar-refractivity contribution is 0.311. The molecule has 0 bridgehead atoms. The first-order chi connectivity index (χ1) is 10.2. The van der Waals surface area contributed by atoms with Crippen molar-refractivity contribution in [2.24, 2.45) is 0 Å². The fraction of sp³-hybridized carbons (Fsp3) is 0.188. The summed E-state index contributed by atoms with van der Waals surface area (Å²) in [5, 5.41) is 13.0. The van der Waals surface area contributed by atoms with Crippen LogP contribution in [0, 0.1) is 12.7 Å². The first-order valence-electron chi connectivity index (χ1n) is 6.78. The number of halogens is 1. The van der Waals surface area contributed by atoms with E-state index >= 15 is 0 Å². The molecule has 2 heterocycles. The lowest BCUT2D eigenvalue weighted by Gasteiger charge is -2.11. The number of aromatic nitrogens is 2. The second-order valence-corrected chi connectivity index (χ2v) is 4.90. The van der Waals surface area contributed by atoms with Gasteiger partial charge in [-0.25, -0.2) is 9.37 Å². The number of aromatic amines is 1. The van der Waals surface area contributed by atoms with Gasteiger partial charge in [0.2, 0.25) is 0 Å². The summed E-state index contributed by atoms with van der Waals surface area (Å²) in [6, 6.07) is 8.64. The highest BCUT2D eigenvalue weighted by atomic mass is 19.1. The zero-order valence-corrected chi connectivity index (χ0v) is 11.7. The maximum Gasteiger partial charge on any atom is 0.140 e. The van der Waals surface area contributed by atoms with Crippen LogP contribution in [0.3, 0.4) is 0 Å². The molecule has 0 fully saturated rings. The zero-order chi connectivity index (χ0) is 14.8. The van der Waals surface area contributed by atoms with E-state index in [9.17, 15) is 4.39 Å². The Hall–Kier alpha value is -2.40. The largest absolute Gasteiger partial charge is 0.395 e. The first-order valence-corrected chi connectivity index (χ1v) is 6.78. The Morgan fingerprint density at radius 1 is 1.24 bits per heavy atom. The lowest BCUT2D eigenvalue weighted by atomic mass is 9.99. The highest BCUT2D eigenvalue weighted by Crippen LogP contribution is 2.32. The Kier molecular flexibility index (Phi) is 3.58. The van der Waals surface area contributed by atoms with E-state index < -0.39 is 0 Å². The van der Waals surface area contributed by atoms with Crippen LogP contribution < -0.4 is 5.32 Å². The average molecular weight is 285 g/mol. The minimum atomic E-state index is -0.241. The highest BCUT2D eigenvalue weighted by Gasteiger charge is 2.11. The SMILES string of the molecule is Cc1cc(F)ccc1-c1cc(NCCO)nc2[nH]ccc12. The number of pyridine rings is 1. The van der Waals surface area contributed by atoms with Gasteiger partial charge in [-0.3, -0.25) is 0 Å². The van der Waals surface area contributed by atoms with E-state index in [0.29, 0.717) is 12.4 Å². The van der Waals surface area contributed by atoms with Crippen LogP contribution in [0.2, 0.25) is 0 Å². The van der Waals surface area contributed by atoms with Crippen molar-refractivity contribution in [2.45, 2.75) is 6.92 Å². The second kappa shape index (κ2) is 5.54. The predicted molar refractivity (Wildman–Crippen MR) is 81.8 cm³/mol. The van der Waals surface area contributed by atoms with Gasteiger partial charge in [0, 0.05) is 18.1 Å². The topological polar surface area (TPSA) is 60.9 Å². The number of hydrogen-bond acceptors (Lipinski definition) is 3. The number of nitrogens with zero attached hydrogens (tertiary/aromatic N) is 1. The Morgan fingerprint density at radius 2 is 2.10 bits per heavy atom. The van der Waals surface area contributed by atoms with Crippen LogP contribution in [0.4, 0.5) is 10.2 Å². The number of fused-ring (bicyclic) bond motifs is 1. The van der Waals surface area contributed by atoms with Crippen molar-refractivity contribution in [2.75, 3.05) is 18.5 Å². The molecule has 0 aliphatic carbocycles. The van der Waals surface area contributed by atoms with Crippen molar-refractivity contribution < 1.29 is 9.50 Å². The summed E-state index contributed by atoms with van der Waals surface area (Å²) in [5.41, 5.74) is 3.59. The molecule has 1 aromatic carbocycles. The maximum atomic E-state index is 13.3. The molecule has 2 aromatic heterocycles. The molecule has 21 heavy (non-hydrogen) atoms. The molecule has 108 valence electrons. The molecule has 0 unspecified atom stereocenters. The van der Waals surface area contributed by atoms with Gasteiger partial charge in [-0.15, -0.1) is 0 Å². The minimum Gasteiger partial charge on any atom is -0.395 e. The van der Waals surface area contributed by atoms with Crippen molar-refractivity contribution in [3.8, 4) is 11.1 Å². The van der Waals surface area contributed by atoms with E-state index in [0.717, 1.165) is 27.7 Å². The van der Waals surface area contributed by atoms with Crippen LogP contribution in [-0.4, -0.2) is 28.2 Å². The minimum absolute atomic E-state index is 0.0371. The molecule has 3 rings (SSSR count). The van der Waals surface area contributed by atoms with Crippen LogP contribution in [0.5, 0.6) is 0 Å². The van der Waals surface area contributed by atoms with E-state index in [4.69, 9.17) is 5.11 Å². The van der Waals surface area contributed by atoms with E-state index in [-0.39, 0.29) is 12.4 Å². The van der Waals surface area contributed by atoms with Crippen LogP contribution in [-0.2, 0) is 0 Å². The number of hydrogen-bond donors (Lipinski definition) is 3. The van der Waals surface area contributed by atoms with Crippen LogP contribution >= 0.6 is 0 Å². The Balaban J connectivity index is 2.17. The summed E-state index contributed by atoms with van der Waals surface area (Å²) >= 11 is 0. The van der Waals surface area contributed by atoms with Crippen LogP contribution in [0.15, 0.2) is 36.5 Å². The summed E-state index contributed by atoms with van der Waals surface area (Å²) in [4.78, 5) is 7.54. The predicted octanol–water partition coefficient (Wildman–Crippen LogP) is 3.08. The summed E-state index contributed by atoms with van der Waals surface area (Å²) in [6.07, 6.45) is 1.83. The Morgan fingerprint density at radius 3 is 2.86 bits per heavy atom. The Bertz CT molecular complexity index is 782. The highest BCUT2D eigenvalue weighted by molar-refractivity contribution is 5.95. The smallest absolute Gasteiger partial charge is 0.140 e. The summed E-state index contributed by atoms with van der Waals surface area (Å²) < 4.78 is 13.3. The summed E-state index contributed by atoms with van der Waals surface area (Å²) in [7, 11) is 0. The number of rotatable bonds is 4. The molecule has 0 radical (unpaired) electrons. The molecule has 0 atom stereocenters. The summed E-state index contributed by atoms with van der Waals surface area (Å²) in [5.74, 6) is 0.437. The van der Waals surface area contributed by atoms with Gasteiger partial charge in [0.25, 0.3) is 0 Å². The third-order valence-corrected chi connectivity index (χ3v) is 3.43. The molecule has 0 aliphatic heterocycles. The van der Waals surface area contributed by atoms with Gasteiger partial charge in [0.15, 0.2) is 0 Å². The standard InChI is InChI=1S/C16H16FN3O/c1-10-8-11(17)2-3-12(10)14-9-15(18-6-7-21)20-16-13(14)4-5-19-16/h2-5,8-9,21H,6-7H2,1H3,(H2,18,19,20). The zero-order valence-electron chi connectivity index (χ0n) is 11.7. The molecule has 0 aliphatic rings. The van der Waals surface area contributed by atoms with Gasteiger partial charge in [-0.05, 0) is 47.9 Å². The normalized spacial score (nSPS) is 11.0.